The highest BCUT2D eigenvalue weighted by Crippen LogP contribution is 2.52. The van der Waals surface area contributed by atoms with Gasteiger partial charge in [0.2, 0.25) is 0 Å². The van der Waals surface area contributed by atoms with Crippen molar-refractivity contribution in [3.8, 4) is 55.6 Å². The molecule has 258 valence electrons. The molecule has 0 nitrogen and oxygen atoms in total. The molecule has 0 saturated carbocycles. The molecule has 0 fully saturated rings. The van der Waals surface area contributed by atoms with Crippen molar-refractivity contribution in [1.29, 1.82) is 0 Å². The summed E-state index contributed by atoms with van der Waals surface area (Å²) in [6.07, 6.45) is 0. The minimum Gasteiger partial charge on any atom is -0.0619 e. The number of rotatable bonds is 4. The summed E-state index contributed by atoms with van der Waals surface area (Å²) in [7, 11) is 0. The second-order valence-electron chi connectivity index (χ2n) is 15.6. The van der Waals surface area contributed by atoms with Crippen LogP contribution in [0.1, 0.15) is 25.0 Å². The minimum atomic E-state index is -0.0695. The zero-order valence-electron chi connectivity index (χ0n) is 31.0. The van der Waals surface area contributed by atoms with Gasteiger partial charge in [-0.3, -0.25) is 0 Å². The second-order valence-corrected chi connectivity index (χ2v) is 15.6. The summed E-state index contributed by atoms with van der Waals surface area (Å²) in [6.45, 7) is 4.74. The quantitative estimate of drug-likeness (QED) is 0.161. The molecule has 55 heavy (non-hydrogen) atoms. The number of benzene rings is 10. The Morgan fingerprint density at radius 1 is 0.273 bits per heavy atom. The molecule has 0 amide bonds. The van der Waals surface area contributed by atoms with Gasteiger partial charge in [-0.25, -0.2) is 0 Å². The molecule has 0 aromatic heterocycles. The first-order valence-electron chi connectivity index (χ1n) is 19.3. The molecule has 0 aliphatic heterocycles. The number of hydrogen-bond acceptors (Lipinski definition) is 0. The third-order valence-electron chi connectivity index (χ3n) is 12.3. The highest BCUT2D eigenvalue weighted by atomic mass is 14.4. The van der Waals surface area contributed by atoms with Crippen molar-refractivity contribution in [2.24, 2.45) is 0 Å². The van der Waals surface area contributed by atoms with Gasteiger partial charge in [-0.05, 0) is 128 Å². The SMILES string of the molecule is CC1(C)c2ccccc2-c2ccc(-c3c4ccccc4c(-c4cc(-c5ccc(-c6cccc7ccccc67)cc5)cc5ccccc45)c4ccccc34)cc21. The number of fused-ring (bicyclic) bond motifs is 7. The summed E-state index contributed by atoms with van der Waals surface area (Å²) < 4.78 is 0. The van der Waals surface area contributed by atoms with Crippen LogP contribution in [0.5, 0.6) is 0 Å². The van der Waals surface area contributed by atoms with E-state index in [4.69, 9.17) is 0 Å². The summed E-state index contributed by atoms with van der Waals surface area (Å²) in [4.78, 5) is 0. The van der Waals surface area contributed by atoms with Crippen LogP contribution in [0.15, 0.2) is 194 Å². The lowest BCUT2D eigenvalue weighted by atomic mass is 9.80. The van der Waals surface area contributed by atoms with Crippen LogP contribution in [0.4, 0.5) is 0 Å². The van der Waals surface area contributed by atoms with Crippen molar-refractivity contribution < 1.29 is 0 Å². The molecular weight excluding hydrogens is 661 g/mol. The molecule has 10 aromatic carbocycles. The fourth-order valence-electron chi connectivity index (χ4n) is 9.59. The van der Waals surface area contributed by atoms with E-state index in [0.29, 0.717) is 0 Å². The van der Waals surface area contributed by atoms with E-state index in [1.807, 2.05) is 0 Å². The van der Waals surface area contributed by atoms with Gasteiger partial charge < -0.3 is 0 Å². The normalized spacial score (nSPS) is 13.1. The second kappa shape index (κ2) is 12.1. The third-order valence-corrected chi connectivity index (χ3v) is 12.3. The molecule has 0 atom stereocenters. The average Bonchev–Trinajstić information content (AvgIpc) is 3.47. The molecule has 0 saturated heterocycles. The fourth-order valence-corrected chi connectivity index (χ4v) is 9.59. The van der Waals surface area contributed by atoms with Gasteiger partial charge in [0.25, 0.3) is 0 Å². The molecule has 1 aliphatic carbocycles. The van der Waals surface area contributed by atoms with Gasteiger partial charge in [0.15, 0.2) is 0 Å². The van der Waals surface area contributed by atoms with Gasteiger partial charge in [0.1, 0.15) is 0 Å². The van der Waals surface area contributed by atoms with E-state index < -0.39 is 0 Å². The molecule has 0 heteroatoms. The summed E-state index contributed by atoms with van der Waals surface area (Å²) in [6, 6.07) is 72.2. The predicted octanol–water partition coefficient (Wildman–Crippen LogP) is 15.3. The Hall–Kier alpha value is -6.76. The summed E-state index contributed by atoms with van der Waals surface area (Å²) in [5.41, 5.74) is 15.5. The maximum atomic E-state index is 2.47. The summed E-state index contributed by atoms with van der Waals surface area (Å²) in [5.74, 6) is 0. The van der Waals surface area contributed by atoms with Crippen molar-refractivity contribution in [1.82, 2.24) is 0 Å². The number of hydrogen-bond donors (Lipinski definition) is 0. The maximum absolute atomic E-state index is 2.47. The smallest absolute Gasteiger partial charge is 0.0159 e. The van der Waals surface area contributed by atoms with Crippen LogP contribution in [0.25, 0.3) is 98.7 Å². The lowest BCUT2D eigenvalue weighted by Crippen LogP contribution is -2.14. The first-order valence-corrected chi connectivity index (χ1v) is 19.3. The van der Waals surface area contributed by atoms with E-state index in [9.17, 15) is 0 Å². The maximum Gasteiger partial charge on any atom is 0.0159 e. The van der Waals surface area contributed by atoms with Crippen LogP contribution in [0, 0.1) is 0 Å². The van der Waals surface area contributed by atoms with Gasteiger partial charge in [-0.15, -0.1) is 0 Å². The Kier molecular flexibility index (Phi) is 7.00. The minimum absolute atomic E-state index is 0.0695. The van der Waals surface area contributed by atoms with Gasteiger partial charge in [-0.2, -0.15) is 0 Å². The van der Waals surface area contributed by atoms with Crippen LogP contribution in [0.2, 0.25) is 0 Å². The zero-order chi connectivity index (χ0) is 36.7. The fraction of sp³-hybridized carbons (Fsp3) is 0.0545. The van der Waals surface area contributed by atoms with E-state index in [0.717, 1.165) is 0 Å². The van der Waals surface area contributed by atoms with E-state index in [1.54, 1.807) is 0 Å². The molecule has 0 spiro atoms. The first kappa shape index (κ1) is 31.7. The molecule has 0 radical (unpaired) electrons. The Balaban J connectivity index is 1.12. The van der Waals surface area contributed by atoms with Crippen molar-refractivity contribution in [3.05, 3.63) is 205 Å². The lowest BCUT2D eigenvalue weighted by Gasteiger charge is -2.23. The van der Waals surface area contributed by atoms with Crippen molar-refractivity contribution >= 4 is 43.1 Å². The zero-order valence-corrected chi connectivity index (χ0v) is 31.0. The molecule has 0 unspecified atom stereocenters. The highest BCUT2D eigenvalue weighted by molar-refractivity contribution is 6.24. The molecule has 0 bridgehead atoms. The first-order chi connectivity index (χ1) is 27.0. The Morgan fingerprint density at radius 2 is 0.764 bits per heavy atom. The Labute approximate surface area is 322 Å². The van der Waals surface area contributed by atoms with Crippen molar-refractivity contribution in [2.75, 3.05) is 0 Å². The summed E-state index contributed by atoms with van der Waals surface area (Å²) >= 11 is 0. The van der Waals surface area contributed by atoms with Crippen molar-refractivity contribution in [3.63, 3.8) is 0 Å². The third kappa shape index (κ3) is 4.85. The standard InChI is InChI=1S/C55H38/c1-55(2)51-25-12-11-19-44(51)45-31-30-39(34-52(45)55)53-46-20-7-9-22-48(46)54(49-23-10-8-21-47(49)53)50-33-40(32-38-15-4-6-18-43(38)50)35-26-28-37(29-27-35)42-24-13-16-36-14-3-5-17-41(36)42/h3-34H,1-2H3. The topological polar surface area (TPSA) is 0 Å². The van der Waals surface area contributed by atoms with Crippen LogP contribution in [-0.2, 0) is 5.41 Å². The van der Waals surface area contributed by atoms with Gasteiger partial charge >= 0.3 is 0 Å². The van der Waals surface area contributed by atoms with E-state index in [-0.39, 0.29) is 5.41 Å². The van der Waals surface area contributed by atoms with E-state index >= 15 is 0 Å². The summed E-state index contributed by atoms with van der Waals surface area (Å²) in [5, 5.41) is 10.1. The molecular formula is C55H38. The molecule has 11 rings (SSSR count). The van der Waals surface area contributed by atoms with Crippen molar-refractivity contribution in [2.45, 2.75) is 19.3 Å². The average molecular weight is 699 g/mol. The van der Waals surface area contributed by atoms with Gasteiger partial charge in [0.05, 0.1) is 0 Å². The van der Waals surface area contributed by atoms with E-state index in [1.165, 1.54) is 110 Å². The monoisotopic (exact) mass is 698 g/mol. The predicted molar refractivity (Wildman–Crippen MR) is 236 cm³/mol. The van der Waals surface area contributed by atoms with Crippen LogP contribution in [-0.4, -0.2) is 0 Å². The lowest BCUT2D eigenvalue weighted by molar-refractivity contribution is 0.660. The molecule has 0 heterocycles. The largest absolute Gasteiger partial charge is 0.0619 e. The Bertz CT molecular complexity index is 3100. The van der Waals surface area contributed by atoms with Gasteiger partial charge in [0, 0.05) is 5.41 Å². The molecule has 10 aromatic rings. The van der Waals surface area contributed by atoms with Crippen LogP contribution >= 0.6 is 0 Å². The van der Waals surface area contributed by atoms with E-state index in [2.05, 4.69) is 208 Å². The van der Waals surface area contributed by atoms with Crippen LogP contribution in [0.3, 0.4) is 0 Å². The highest BCUT2D eigenvalue weighted by Gasteiger charge is 2.35. The van der Waals surface area contributed by atoms with Crippen LogP contribution < -0.4 is 0 Å². The van der Waals surface area contributed by atoms with Gasteiger partial charge in [-0.1, -0.05) is 190 Å². The molecule has 1 aliphatic rings. The Morgan fingerprint density at radius 3 is 1.47 bits per heavy atom. The molecule has 0 N–H and O–H groups in total.